The number of carbonyl (C=O) groups excluding carboxylic acids is 1. The molecule has 0 aromatic carbocycles. The van der Waals surface area contributed by atoms with Crippen molar-refractivity contribution in [2.45, 2.75) is 20.4 Å². The van der Waals surface area contributed by atoms with Crippen LogP contribution in [0.15, 0.2) is 18.1 Å². The van der Waals surface area contributed by atoms with Crippen LogP contribution in [0.5, 0.6) is 0 Å². The van der Waals surface area contributed by atoms with Gasteiger partial charge in [0.25, 0.3) is 5.91 Å². The van der Waals surface area contributed by atoms with Crippen LogP contribution in [-0.4, -0.2) is 32.2 Å². The van der Waals surface area contributed by atoms with E-state index in [1.54, 1.807) is 12.3 Å². The van der Waals surface area contributed by atoms with E-state index in [4.69, 9.17) is 12.2 Å². The average Bonchev–Trinajstić information content (AvgIpc) is 2.86. The molecule has 1 N–H and O–H groups in total. The van der Waals surface area contributed by atoms with Crippen LogP contribution in [0, 0.1) is 0 Å². The number of hydrogen-bond acceptors (Lipinski definition) is 3. The summed E-state index contributed by atoms with van der Waals surface area (Å²) in [7, 11) is 0. The van der Waals surface area contributed by atoms with E-state index in [1.807, 2.05) is 24.7 Å². The van der Waals surface area contributed by atoms with Crippen molar-refractivity contribution >= 4 is 29.3 Å². The monoisotopic (exact) mass is 250 g/mol. The van der Waals surface area contributed by atoms with Gasteiger partial charge in [-0.3, -0.25) is 14.4 Å². The maximum Gasteiger partial charge on any atom is 0.276 e. The Labute approximate surface area is 105 Å². The first-order chi connectivity index (χ1) is 8.15. The summed E-state index contributed by atoms with van der Waals surface area (Å²) < 4.78 is 1.81. The molecule has 0 atom stereocenters. The predicted octanol–water partition coefficient (Wildman–Crippen LogP) is 0.981. The number of aromatic nitrogens is 2. The second-order valence-electron chi connectivity index (χ2n) is 3.67. The largest absolute Gasteiger partial charge is 0.328 e. The van der Waals surface area contributed by atoms with E-state index in [9.17, 15) is 4.79 Å². The van der Waals surface area contributed by atoms with Gasteiger partial charge >= 0.3 is 0 Å². The van der Waals surface area contributed by atoms with Crippen LogP contribution >= 0.6 is 12.2 Å². The van der Waals surface area contributed by atoms with Crippen molar-refractivity contribution in [3.63, 3.8) is 0 Å². The maximum absolute atomic E-state index is 11.9. The van der Waals surface area contributed by atoms with Crippen molar-refractivity contribution in [1.29, 1.82) is 0 Å². The minimum absolute atomic E-state index is 0.0817. The second-order valence-corrected chi connectivity index (χ2v) is 4.05. The minimum Gasteiger partial charge on any atom is -0.328 e. The Hall–Kier alpha value is -1.69. The molecule has 0 saturated carbocycles. The van der Waals surface area contributed by atoms with Gasteiger partial charge in [-0.1, -0.05) is 0 Å². The Bertz CT molecular complexity index is 491. The molecule has 0 bridgehead atoms. The van der Waals surface area contributed by atoms with E-state index in [0.717, 1.165) is 12.1 Å². The average molecular weight is 250 g/mol. The first-order valence-corrected chi connectivity index (χ1v) is 5.93. The lowest BCUT2D eigenvalue weighted by Gasteiger charge is -2.08. The van der Waals surface area contributed by atoms with Crippen molar-refractivity contribution in [1.82, 2.24) is 20.0 Å². The van der Waals surface area contributed by atoms with Gasteiger partial charge in [0.05, 0.1) is 6.20 Å². The van der Waals surface area contributed by atoms with Gasteiger partial charge < -0.3 is 5.32 Å². The molecule has 2 rings (SSSR count). The summed E-state index contributed by atoms with van der Waals surface area (Å²) in [6.45, 7) is 5.29. The molecule has 1 aromatic heterocycles. The molecule has 6 heteroatoms. The molecule has 0 radical (unpaired) electrons. The number of carbonyl (C=O) groups is 1. The number of thiocarbonyl (C=S) groups is 1. The van der Waals surface area contributed by atoms with Gasteiger partial charge in [0.2, 0.25) is 0 Å². The van der Waals surface area contributed by atoms with Gasteiger partial charge in [-0.2, -0.15) is 5.10 Å². The summed E-state index contributed by atoms with van der Waals surface area (Å²) in [6.07, 6.45) is 5.38. The van der Waals surface area contributed by atoms with Gasteiger partial charge in [0.1, 0.15) is 5.70 Å². The fourth-order valence-corrected chi connectivity index (χ4v) is 1.97. The van der Waals surface area contributed by atoms with Crippen molar-refractivity contribution in [3.05, 3.63) is 23.7 Å². The van der Waals surface area contributed by atoms with Crippen LogP contribution in [0.3, 0.4) is 0 Å². The molecule has 0 unspecified atom stereocenters. The van der Waals surface area contributed by atoms with Crippen LogP contribution < -0.4 is 5.32 Å². The molecule has 1 saturated heterocycles. The van der Waals surface area contributed by atoms with Crippen LogP contribution in [0.2, 0.25) is 0 Å². The summed E-state index contributed by atoms with van der Waals surface area (Å²) in [5.41, 5.74) is 1.40. The summed E-state index contributed by atoms with van der Waals surface area (Å²) in [5.74, 6) is -0.0817. The van der Waals surface area contributed by atoms with Crippen LogP contribution in [0.4, 0.5) is 0 Å². The zero-order valence-electron chi connectivity index (χ0n) is 9.80. The molecule has 1 amide bonds. The van der Waals surface area contributed by atoms with Gasteiger partial charge in [-0.25, -0.2) is 0 Å². The zero-order chi connectivity index (χ0) is 12.4. The van der Waals surface area contributed by atoms with E-state index in [1.165, 1.54) is 4.90 Å². The van der Waals surface area contributed by atoms with E-state index in [-0.39, 0.29) is 5.91 Å². The zero-order valence-corrected chi connectivity index (χ0v) is 10.6. The van der Waals surface area contributed by atoms with Gasteiger partial charge in [0, 0.05) is 24.8 Å². The molecule has 90 valence electrons. The van der Waals surface area contributed by atoms with Gasteiger partial charge in [-0.15, -0.1) is 0 Å². The van der Waals surface area contributed by atoms with Crippen molar-refractivity contribution in [3.8, 4) is 0 Å². The van der Waals surface area contributed by atoms with E-state index < -0.39 is 0 Å². The third kappa shape index (κ3) is 2.21. The maximum atomic E-state index is 11.9. The highest BCUT2D eigenvalue weighted by Crippen LogP contribution is 2.13. The third-order valence-corrected chi connectivity index (χ3v) is 2.89. The summed E-state index contributed by atoms with van der Waals surface area (Å²) in [5, 5.41) is 7.52. The molecule has 2 heterocycles. The lowest BCUT2D eigenvalue weighted by atomic mass is 10.3. The molecule has 1 aliphatic heterocycles. The lowest BCUT2D eigenvalue weighted by molar-refractivity contribution is -0.122. The van der Waals surface area contributed by atoms with Crippen molar-refractivity contribution in [2.75, 3.05) is 6.54 Å². The number of rotatable bonds is 3. The van der Waals surface area contributed by atoms with E-state index in [2.05, 4.69) is 10.4 Å². The Kier molecular flexibility index (Phi) is 3.23. The summed E-state index contributed by atoms with van der Waals surface area (Å²) >= 11 is 5.07. The normalized spacial score (nSPS) is 18.0. The molecular weight excluding hydrogens is 236 g/mol. The fourth-order valence-electron chi connectivity index (χ4n) is 1.65. The number of likely N-dealkylation sites (N-methyl/N-ethyl adjacent to an activating group) is 1. The SMILES string of the molecule is CCN1C(=O)/C(=C/c2cnn(CC)c2)NC1=S. The van der Waals surface area contributed by atoms with Crippen molar-refractivity contribution < 1.29 is 4.79 Å². The molecular formula is C11H14N4OS. The minimum atomic E-state index is -0.0817. The topological polar surface area (TPSA) is 50.2 Å². The number of nitrogens with one attached hydrogen (secondary N) is 1. The Morgan fingerprint density at radius 3 is 2.76 bits per heavy atom. The second kappa shape index (κ2) is 4.67. The molecule has 1 aliphatic rings. The molecule has 1 aromatic rings. The van der Waals surface area contributed by atoms with Crippen LogP contribution in [0.25, 0.3) is 6.08 Å². The Morgan fingerprint density at radius 1 is 1.47 bits per heavy atom. The summed E-state index contributed by atoms with van der Waals surface area (Å²) in [6, 6.07) is 0. The van der Waals surface area contributed by atoms with Gasteiger partial charge in [-0.05, 0) is 32.1 Å². The smallest absolute Gasteiger partial charge is 0.276 e. The molecule has 0 aliphatic carbocycles. The predicted molar refractivity (Wildman–Crippen MR) is 69.0 cm³/mol. The van der Waals surface area contributed by atoms with Crippen LogP contribution in [0.1, 0.15) is 19.4 Å². The number of aryl methyl sites for hydroxylation is 1. The number of nitrogens with zero attached hydrogens (tertiary/aromatic N) is 3. The van der Waals surface area contributed by atoms with Crippen LogP contribution in [-0.2, 0) is 11.3 Å². The standard InChI is InChI=1S/C11H14N4OS/c1-3-14-7-8(6-12-14)5-9-10(16)15(4-2)11(17)13-9/h5-7H,3-4H2,1-2H3,(H,13,17)/b9-5-. The van der Waals surface area contributed by atoms with E-state index in [0.29, 0.717) is 17.4 Å². The highest BCUT2D eigenvalue weighted by molar-refractivity contribution is 7.80. The fraction of sp³-hybridized carbons (Fsp3) is 0.364. The summed E-state index contributed by atoms with van der Waals surface area (Å²) in [4.78, 5) is 13.4. The third-order valence-electron chi connectivity index (χ3n) is 2.57. The van der Waals surface area contributed by atoms with Gasteiger partial charge in [0.15, 0.2) is 5.11 Å². The highest BCUT2D eigenvalue weighted by atomic mass is 32.1. The Morgan fingerprint density at radius 2 is 2.24 bits per heavy atom. The quantitative estimate of drug-likeness (QED) is 0.642. The Balaban J connectivity index is 2.23. The number of amides is 1. The molecule has 17 heavy (non-hydrogen) atoms. The molecule has 5 nitrogen and oxygen atoms in total. The van der Waals surface area contributed by atoms with Crippen molar-refractivity contribution in [2.24, 2.45) is 0 Å². The first-order valence-electron chi connectivity index (χ1n) is 5.52. The molecule has 0 spiro atoms. The highest BCUT2D eigenvalue weighted by Gasteiger charge is 2.28. The van der Waals surface area contributed by atoms with E-state index >= 15 is 0 Å². The number of hydrogen-bond donors (Lipinski definition) is 1. The molecule has 1 fully saturated rings. The lowest BCUT2D eigenvalue weighted by Crippen LogP contribution is -2.30. The first kappa shape index (κ1) is 11.8.